The van der Waals surface area contributed by atoms with Crippen molar-refractivity contribution in [3.63, 3.8) is 0 Å². The number of carboxylic acid groups (broad SMARTS) is 1. The summed E-state index contributed by atoms with van der Waals surface area (Å²) in [4.78, 5) is 37.4. The number of ether oxygens (including phenoxy) is 2. The molecule has 11 nitrogen and oxygen atoms in total. The average Bonchev–Trinajstić information content (AvgIpc) is 3.11. The number of hydrogen-bond donors (Lipinski definition) is 3. The largest absolute Gasteiger partial charge is 0.479 e. The highest BCUT2D eigenvalue weighted by atomic mass is 79.9. The van der Waals surface area contributed by atoms with Crippen LogP contribution in [0, 0.1) is 0 Å². The minimum atomic E-state index is -1.01. The SMILES string of the molecule is COc1nc(NCCN(C(=O)O)C(C)C)nc(OC)c1NC(=O)c1csc(Br)n1. The average molecular weight is 489 g/mol. The van der Waals surface area contributed by atoms with Crippen molar-refractivity contribution in [3.8, 4) is 11.8 Å². The van der Waals surface area contributed by atoms with Gasteiger partial charge in [-0.05, 0) is 29.8 Å². The monoisotopic (exact) mass is 488 g/mol. The lowest BCUT2D eigenvalue weighted by Gasteiger charge is -2.23. The second-order valence-corrected chi connectivity index (χ2v) is 8.01. The molecule has 158 valence electrons. The summed E-state index contributed by atoms with van der Waals surface area (Å²) in [5.41, 5.74) is 0.375. The highest BCUT2D eigenvalue weighted by Gasteiger charge is 2.21. The number of hydrogen-bond acceptors (Lipinski definition) is 9. The molecule has 2 aromatic heterocycles. The summed E-state index contributed by atoms with van der Waals surface area (Å²) in [5, 5.41) is 16.4. The van der Waals surface area contributed by atoms with Gasteiger partial charge in [0.05, 0.1) is 14.2 Å². The van der Waals surface area contributed by atoms with Crippen LogP contribution in [0.15, 0.2) is 9.30 Å². The van der Waals surface area contributed by atoms with Crippen molar-refractivity contribution in [3.05, 3.63) is 15.0 Å². The van der Waals surface area contributed by atoms with E-state index < -0.39 is 12.0 Å². The minimum absolute atomic E-state index is 0.0842. The molecular formula is C16H21BrN6O5S. The molecule has 29 heavy (non-hydrogen) atoms. The molecule has 0 bridgehead atoms. The van der Waals surface area contributed by atoms with E-state index in [4.69, 9.17) is 9.47 Å². The zero-order valence-electron chi connectivity index (χ0n) is 16.2. The fraction of sp³-hybridized carbons (Fsp3) is 0.438. The van der Waals surface area contributed by atoms with E-state index >= 15 is 0 Å². The lowest BCUT2D eigenvalue weighted by Crippen LogP contribution is -2.39. The molecular weight excluding hydrogens is 468 g/mol. The Balaban J connectivity index is 2.16. The molecule has 0 aliphatic carbocycles. The molecule has 2 aromatic rings. The number of amides is 2. The third-order valence-corrected chi connectivity index (χ3v) is 5.05. The predicted molar refractivity (Wildman–Crippen MR) is 111 cm³/mol. The standard InChI is InChI=1S/C16H21BrN6O5S/c1-8(2)23(16(25)26)6-5-18-15-21-12(27-3)10(13(22-15)28-4)20-11(24)9-7-29-14(17)19-9/h7-8H,5-6H2,1-4H3,(H,20,24)(H,25,26)(H,18,21,22). The first-order valence-electron chi connectivity index (χ1n) is 8.42. The Morgan fingerprint density at radius 1 is 1.24 bits per heavy atom. The number of halogens is 1. The number of carbonyl (C=O) groups is 2. The molecule has 0 radical (unpaired) electrons. The van der Waals surface area contributed by atoms with E-state index in [0.717, 1.165) is 0 Å². The van der Waals surface area contributed by atoms with Gasteiger partial charge in [0.2, 0.25) is 17.7 Å². The fourth-order valence-corrected chi connectivity index (χ4v) is 3.29. The first-order chi connectivity index (χ1) is 13.8. The van der Waals surface area contributed by atoms with Crippen molar-refractivity contribution in [1.82, 2.24) is 19.9 Å². The minimum Gasteiger partial charge on any atom is -0.479 e. The van der Waals surface area contributed by atoms with E-state index in [9.17, 15) is 14.7 Å². The van der Waals surface area contributed by atoms with E-state index in [2.05, 4.69) is 41.5 Å². The molecule has 0 aliphatic rings. The van der Waals surface area contributed by atoms with Gasteiger partial charge < -0.3 is 30.1 Å². The maximum absolute atomic E-state index is 12.4. The summed E-state index contributed by atoms with van der Waals surface area (Å²) in [6.07, 6.45) is -1.01. The van der Waals surface area contributed by atoms with Crippen LogP contribution in [-0.4, -0.2) is 70.3 Å². The number of anilines is 2. The van der Waals surface area contributed by atoms with E-state index in [1.54, 1.807) is 19.2 Å². The molecule has 2 amide bonds. The van der Waals surface area contributed by atoms with Crippen LogP contribution in [0.4, 0.5) is 16.4 Å². The molecule has 0 saturated heterocycles. The molecule has 0 unspecified atom stereocenters. The van der Waals surface area contributed by atoms with Gasteiger partial charge in [-0.3, -0.25) is 4.79 Å². The number of rotatable bonds is 9. The Morgan fingerprint density at radius 2 is 1.86 bits per heavy atom. The summed E-state index contributed by atoms with van der Waals surface area (Å²) < 4.78 is 11.1. The smallest absolute Gasteiger partial charge is 0.407 e. The zero-order valence-corrected chi connectivity index (χ0v) is 18.6. The van der Waals surface area contributed by atoms with Crippen LogP contribution in [0.5, 0.6) is 11.8 Å². The van der Waals surface area contributed by atoms with Crippen molar-refractivity contribution in [2.24, 2.45) is 0 Å². The molecule has 0 aliphatic heterocycles. The molecule has 0 fully saturated rings. The highest BCUT2D eigenvalue weighted by Crippen LogP contribution is 2.33. The quantitative estimate of drug-likeness (QED) is 0.485. The van der Waals surface area contributed by atoms with E-state index in [1.165, 1.54) is 30.5 Å². The van der Waals surface area contributed by atoms with Gasteiger partial charge in [0.25, 0.3) is 5.91 Å². The van der Waals surface area contributed by atoms with Gasteiger partial charge in [-0.2, -0.15) is 9.97 Å². The van der Waals surface area contributed by atoms with Gasteiger partial charge in [0.15, 0.2) is 9.60 Å². The topological polar surface area (TPSA) is 139 Å². The van der Waals surface area contributed by atoms with Crippen LogP contribution < -0.4 is 20.1 Å². The van der Waals surface area contributed by atoms with Crippen LogP contribution in [-0.2, 0) is 0 Å². The molecule has 0 atom stereocenters. The van der Waals surface area contributed by atoms with Crippen molar-refractivity contribution in [2.75, 3.05) is 37.9 Å². The number of methoxy groups -OCH3 is 2. The normalized spacial score (nSPS) is 10.6. The Hall–Kier alpha value is -2.67. The summed E-state index contributed by atoms with van der Waals surface area (Å²) in [6, 6.07) is -0.164. The number of carbonyl (C=O) groups excluding carboxylic acids is 1. The Morgan fingerprint density at radius 3 is 2.31 bits per heavy atom. The summed E-state index contributed by atoms with van der Waals surface area (Å²) in [6.45, 7) is 4.08. The van der Waals surface area contributed by atoms with Gasteiger partial charge in [-0.25, -0.2) is 9.78 Å². The third-order valence-electron chi connectivity index (χ3n) is 3.68. The molecule has 0 aromatic carbocycles. The summed E-state index contributed by atoms with van der Waals surface area (Å²) in [7, 11) is 2.79. The molecule has 0 saturated carbocycles. The molecule has 3 N–H and O–H groups in total. The number of aromatic nitrogens is 3. The first-order valence-corrected chi connectivity index (χ1v) is 10.1. The Labute approximate surface area is 179 Å². The predicted octanol–water partition coefficient (Wildman–Crippen LogP) is 2.77. The molecule has 2 heterocycles. The molecule has 13 heteroatoms. The van der Waals surface area contributed by atoms with Crippen molar-refractivity contribution >= 4 is 50.9 Å². The van der Waals surface area contributed by atoms with E-state index in [-0.39, 0.29) is 48.2 Å². The Bertz CT molecular complexity index is 852. The van der Waals surface area contributed by atoms with Crippen molar-refractivity contribution in [2.45, 2.75) is 19.9 Å². The summed E-state index contributed by atoms with van der Waals surface area (Å²) in [5.74, 6) is -0.133. The van der Waals surface area contributed by atoms with Crippen LogP contribution in [0.25, 0.3) is 0 Å². The van der Waals surface area contributed by atoms with Crippen LogP contribution in [0.2, 0.25) is 0 Å². The Kier molecular flexibility index (Phi) is 7.96. The zero-order chi connectivity index (χ0) is 21.6. The third kappa shape index (κ3) is 5.90. The maximum atomic E-state index is 12.4. The lowest BCUT2D eigenvalue weighted by molar-refractivity contribution is 0.102. The van der Waals surface area contributed by atoms with E-state index in [0.29, 0.717) is 3.92 Å². The molecule has 2 rings (SSSR count). The number of thiazole rings is 1. The van der Waals surface area contributed by atoms with Gasteiger partial charge >= 0.3 is 6.09 Å². The lowest BCUT2D eigenvalue weighted by atomic mass is 10.3. The van der Waals surface area contributed by atoms with Crippen molar-refractivity contribution in [1.29, 1.82) is 0 Å². The van der Waals surface area contributed by atoms with Gasteiger partial charge in [0, 0.05) is 24.5 Å². The van der Waals surface area contributed by atoms with Gasteiger partial charge in [0.1, 0.15) is 5.69 Å². The van der Waals surface area contributed by atoms with Crippen LogP contribution in [0.1, 0.15) is 24.3 Å². The fourth-order valence-electron chi connectivity index (χ4n) is 2.30. The van der Waals surface area contributed by atoms with Gasteiger partial charge in [-0.15, -0.1) is 11.3 Å². The second kappa shape index (κ2) is 10.2. The van der Waals surface area contributed by atoms with Crippen LogP contribution >= 0.6 is 27.3 Å². The van der Waals surface area contributed by atoms with Crippen molar-refractivity contribution < 1.29 is 24.2 Å². The van der Waals surface area contributed by atoms with E-state index in [1.807, 2.05) is 0 Å². The summed E-state index contributed by atoms with van der Waals surface area (Å²) >= 11 is 4.48. The first kappa shape index (κ1) is 22.6. The maximum Gasteiger partial charge on any atom is 0.407 e. The second-order valence-electron chi connectivity index (χ2n) is 5.88. The molecule has 0 spiro atoms. The number of nitrogens with one attached hydrogen (secondary N) is 2. The van der Waals surface area contributed by atoms with Crippen LogP contribution in [0.3, 0.4) is 0 Å². The van der Waals surface area contributed by atoms with Gasteiger partial charge in [-0.1, -0.05) is 0 Å². The highest BCUT2D eigenvalue weighted by molar-refractivity contribution is 9.11. The number of nitrogens with zero attached hydrogens (tertiary/aromatic N) is 4.